The molecule has 2 unspecified atom stereocenters. The number of carbonyl (C=O) groups is 2. The van der Waals surface area contributed by atoms with Gasteiger partial charge in [-0.15, -0.1) is 0 Å². The monoisotopic (exact) mass is 295 g/mol. The molecule has 2 aliphatic heterocycles. The molecule has 2 saturated heterocycles. The molecule has 3 aliphatic rings. The van der Waals surface area contributed by atoms with Gasteiger partial charge in [-0.05, 0) is 39.2 Å². The minimum atomic E-state index is -0.830. The van der Waals surface area contributed by atoms with Gasteiger partial charge in [-0.3, -0.25) is 9.69 Å². The molecule has 118 valence electrons. The lowest BCUT2D eigenvalue weighted by Gasteiger charge is -2.32. The largest absolute Gasteiger partial charge is 0.481 e. The van der Waals surface area contributed by atoms with Crippen molar-refractivity contribution in [3.8, 4) is 0 Å². The van der Waals surface area contributed by atoms with Crippen molar-refractivity contribution in [1.29, 1.82) is 0 Å². The molecule has 3 fully saturated rings. The summed E-state index contributed by atoms with van der Waals surface area (Å²) in [4.78, 5) is 29.7. The highest BCUT2D eigenvalue weighted by Gasteiger charge is 2.39. The summed E-state index contributed by atoms with van der Waals surface area (Å²) < 4.78 is 0. The van der Waals surface area contributed by atoms with Crippen LogP contribution in [0, 0.1) is 0 Å². The van der Waals surface area contributed by atoms with E-state index in [1.807, 2.05) is 4.90 Å². The normalized spacial score (nSPS) is 29.3. The lowest BCUT2D eigenvalue weighted by molar-refractivity contribution is -0.137. The number of rotatable bonds is 4. The summed E-state index contributed by atoms with van der Waals surface area (Å²) in [6, 6.07) is 1.41. The van der Waals surface area contributed by atoms with Crippen LogP contribution in [0.3, 0.4) is 0 Å². The van der Waals surface area contributed by atoms with Crippen molar-refractivity contribution in [1.82, 2.24) is 14.7 Å². The third-order valence-electron chi connectivity index (χ3n) is 5.22. The topological polar surface area (TPSA) is 64.1 Å². The van der Waals surface area contributed by atoms with Gasteiger partial charge in [0.05, 0.1) is 6.42 Å². The minimum absolute atomic E-state index is 0.0437. The molecular formula is C15H25N3O3. The number of likely N-dealkylation sites (tertiary alicyclic amines) is 1. The molecule has 2 bridgehead atoms. The van der Waals surface area contributed by atoms with Gasteiger partial charge in [0, 0.05) is 37.8 Å². The maximum absolute atomic E-state index is 12.8. The van der Waals surface area contributed by atoms with Crippen LogP contribution >= 0.6 is 0 Å². The molecule has 6 heteroatoms. The van der Waals surface area contributed by atoms with E-state index in [1.165, 1.54) is 12.8 Å². The van der Waals surface area contributed by atoms with E-state index in [1.54, 1.807) is 4.90 Å². The lowest BCUT2D eigenvalue weighted by atomic mass is 10.1. The van der Waals surface area contributed by atoms with Gasteiger partial charge in [-0.25, -0.2) is 4.79 Å². The van der Waals surface area contributed by atoms with E-state index in [4.69, 9.17) is 5.11 Å². The molecule has 21 heavy (non-hydrogen) atoms. The molecule has 2 amide bonds. The van der Waals surface area contributed by atoms with Crippen molar-refractivity contribution in [2.75, 3.05) is 26.7 Å². The minimum Gasteiger partial charge on any atom is -0.481 e. The molecule has 0 aromatic carbocycles. The fourth-order valence-electron chi connectivity index (χ4n) is 3.70. The molecule has 0 aromatic rings. The first-order valence-electron chi connectivity index (χ1n) is 8.05. The Bertz CT molecular complexity index is 424. The zero-order valence-corrected chi connectivity index (χ0v) is 12.7. The Balaban J connectivity index is 1.63. The number of likely N-dealkylation sites (N-methyl/N-ethyl adjacent to an activating group) is 1. The number of amides is 2. The summed E-state index contributed by atoms with van der Waals surface area (Å²) in [6.07, 6.45) is 5.53. The lowest BCUT2D eigenvalue weighted by Crippen LogP contribution is -2.48. The molecule has 1 N–H and O–H groups in total. The Morgan fingerprint density at radius 2 is 1.86 bits per heavy atom. The zero-order chi connectivity index (χ0) is 15.0. The van der Waals surface area contributed by atoms with Crippen molar-refractivity contribution in [2.45, 2.75) is 56.7 Å². The quantitative estimate of drug-likeness (QED) is 0.847. The fraction of sp³-hybridized carbons (Fsp3) is 0.867. The van der Waals surface area contributed by atoms with Gasteiger partial charge in [0.1, 0.15) is 0 Å². The molecular weight excluding hydrogens is 270 g/mol. The Labute approximate surface area is 125 Å². The molecule has 2 heterocycles. The fourth-order valence-corrected chi connectivity index (χ4v) is 3.70. The second kappa shape index (κ2) is 5.83. The van der Waals surface area contributed by atoms with Crippen molar-refractivity contribution >= 4 is 12.0 Å². The van der Waals surface area contributed by atoms with Crippen LogP contribution in [0.4, 0.5) is 4.79 Å². The third kappa shape index (κ3) is 3.15. The number of aliphatic carboxylic acids is 1. The average Bonchev–Trinajstić information content (AvgIpc) is 3.19. The molecule has 0 radical (unpaired) electrons. The van der Waals surface area contributed by atoms with E-state index in [0.29, 0.717) is 18.6 Å². The molecule has 6 nitrogen and oxygen atoms in total. The second-order valence-corrected chi connectivity index (χ2v) is 6.64. The molecule has 2 atom stereocenters. The van der Waals surface area contributed by atoms with E-state index in [9.17, 15) is 9.59 Å². The van der Waals surface area contributed by atoms with Gasteiger partial charge in [-0.2, -0.15) is 0 Å². The van der Waals surface area contributed by atoms with Gasteiger partial charge in [0.25, 0.3) is 0 Å². The summed E-state index contributed by atoms with van der Waals surface area (Å²) in [7, 11) is 2.17. The van der Waals surface area contributed by atoms with E-state index < -0.39 is 5.97 Å². The first-order valence-corrected chi connectivity index (χ1v) is 8.05. The van der Waals surface area contributed by atoms with Crippen molar-refractivity contribution in [3.63, 3.8) is 0 Å². The van der Waals surface area contributed by atoms with Crippen LogP contribution in [0.15, 0.2) is 0 Å². The first kappa shape index (κ1) is 14.6. The molecule has 1 saturated carbocycles. The highest BCUT2D eigenvalue weighted by Crippen LogP contribution is 2.31. The van der Waals surface area contributed by atoms with Crippen molar-refractivity contribution in [2.24, 2.45) is 0 Å². The molecule has 0 spiro atoms. The number of hydrogen-bond donors (Lipinski definition) is 1. The number of nitrogens with zero attached hydrogens (tertiary/aromatic N) is 3. The van der Waals surface area contributed by atoms with E-state index >= 15 is 0 Å². The number of urea groups is 1. The first-order chi connectivity index (χ1) is 10.1. The second-order valence-electron chi connectivity index (χ2n) is 6.64. The summed E-state index contributed by atoms with van der Waals surface area (Å²) in [5, 5.41) is 8.86. The Hall–Kier alpha value is -1.30. The van der Waals surface area contributed by atoms with E-state index in [2.05, 4.69) is 11.9 Å². The van der Waals surface area contributed by atoms with Crippen LogP contribution in [0.25, 0.3) is 0 Å². The van der Waals surface area contributed by atoms with Crippen LogP contribution in [0.1, 0.15) is 38.5 Å². The van der Waals surface area contributed by atoms with E-state index in [0.717, 1.165) is 32.4 Å². The summed E-state index contributed by atoms with van der Waals surface area (Å²) in [5.74, 6) is -0.830. The number of carboxylic acids is 1. The van der Waals surface area contributed by atoms with Gasteiger partial charge in [0.2, 0.25) is 0 Å². The molecule has 3 rings (SSSR count). The summed E-state index contributed by atoms with van der Waals surface area (Å²) in [5.41, 5.74) is 0. The van der Waals surface area contributed by atoms with Gasteiger partial charge in [0.15, 0.2) is 0 Å². The van der Waals surface area contributed by atoms with Gasteiger partial charge < -0.3 is 14.9 Å². The van der Waals surface area contributed by atoms with Crippen LogP contribution in [-0.4, -0.2) is 76.6 Å². The summed E-state index contributed by atoms with van der Waals surface area (Å²) in [6.45, 7) is 1.95. The van der Waals surface area contributed by atoms with Crippen LogP contribution in [-0.2, 0) is 4.79 Å². The molecule has 0 aromatic heterocycles. The van der Waals surface area contributed by atoms with Crippen molar-refractivity contribution in [3.05, 3.63) is 0 Å². The standard InChI is InChI=1S/C15H25N3O3/c1-16-11-2-5-13(16)10-17(8-6-11)15(21)18(12-3-4-12)9-7-14(19)20/h11-13H,2-10H2,1H3,(H,19,20). The third-order valence-corrected chi connectivity index (χ3v) is 5.22. The average molecular weight is 295 g/mol. The predicted molar refractivity (Wildman–Crippen MR) is 78.1 cm³/mol. The number of hydrogen-bond acceptors (Lipinski definition) is 3. The number of carboxylic acid groups (broad SMARTS) is 1. The Kier molecular flexibility index (Phi) is 4.06. The Morgan fingerprint density at radius 3 is 2.52 bits per heavy atom. The van der Waals surface area contributed by atoms with Crippen LogP contribution in [0.5, 0.6) is 0 Å². The highest BCUT2D eigenvalue weighted by atomic mass is 16.4. The SMILES string of the molecule is CN1C2CCC1CN(C(=O)N(CCC(=O)O)C1CC1)CC2. The van der Waals surface area contributed by atoms with E-state index in [-0.39, 0.29) is 18.5 Å². The predicted octanol–water partition coefficient (Wildman–Crippen LogP) is 1.21. The number of fused-ring (bicyclic) bond motifs is 2. The Morgan fingerprint density at radius 1 is 1.14 bits per heavy atom. The smallest absolute Gasteiger partial charge is 0.320 e. The highest BCUT2D eigenvalue weighted by molar-refractivity contribution is 5.76. The number of carbonyl (C=O) groups excluding carboxylic acids is 1. The van der Waals surface area contributed by atoms with Crippen LogP contribution < -0.4 is 0 Å². The summed E-state index contributed by atoms with van der Waals surface area (Å²) >= 11 is 0. The van der Waals surface area contributed by atoms with Gasteiger partial charge in [-0.1, -0.05) is 0 Å². The van der Waals surface area contributed by atoms with Gasteiger partial charge >= 0.3 is 12.0 Å². The molecule has 1 aliphatic carbocycles. The maximum Gasteiger partial charge on any atom is 0.320 e. The maximum atomic E-state index is 12.8. The van der Waals surface area contributed by atoms with Crippen molar-refractivity contribution < 1.29 is 14.7 Å². The zero-order valence-electron chi connectivity index (χ0n) is 12.7. The van der Waals surface area contributed by atoms with Crippen LogP contribution in [0.2, 0.25) is 0 Å².